The Morgan fingerprint density at radius 2 is 2.19 bits per heavy atom. The molecule has 5 nitrogen and oxygen atoms in total. The van der Waals surface area contributed by atoms with Gasteiger partial charge in [-0.3, -0.25) is 4.99 Å². The second kappa shape index (κ2) is 10.1. The molecule has 0 bridgehead atoms. The maximum absolute atomic E-state index is 5.94. The van der Waals surface area contributed by atoms with Crippen LogP contribution in [0.15, 0.2) is 23.3 Å². The Morgan fingerprint density at radius 1 is 1.38 bits per heavy atom. The van der Waals surface area contributed by atoms with Crippen LogP contribution in [0.3, 0.4) is 0 Å². The van der Waals surface area contributed by atoms with Gasteiger partial charge in [-0.25, -0.2) is 4.98 Å². The number of ether oxygens (including phenoxy) is 1. The number of rotatable bonds is 7. The Morgan fingerprint density at radius 3 is 2.77 bits per heavy atom. The lowest BCUT2D eigenvalue weighted by atomic mass is 9.51. The topological polar surface area (TPSA) is 58.5 Å². The van der Waals surface area contributed by atoms with Gasteiger partial charge < -0.3 is 15.4 Å². The number of aliphatic imine (C=N–C) groups is 1. The van der Waals surface area contributed by atoms with E-state index in [1.54, 1.807) is 0 Å². The fourth-order valence-corrected chi connectivity index (χ4v) is 4.09. The predicted octanol–water partition coefficient (Wildman–Crippen LogP) is 3.80. The molecule has 146 valence electrons. The summed E-state index contributed by atoms with van der Waals surface area (Å²) in [5.74, 6) is 0.913. The van der Waals surface area contributed by atoms with Crippen LogP contribution in [0.4, 0.5) is 0 Å². The third kappa shape index (κ3) is 4.81. The molecule has 2 N–H and O–H groups in total. The van der Waals surface area contributed by atoms with Crippen LogP contribution >= 0.6 is 35.6 Å². The normalized spacial score (nSPS) is 23.6. The van der Waals surface area contributed by atoms with Gasteiger partial charge in [0.25, 0.3) is 0 Å². The summed E-state index contributed by atoms with van der Waals surface area (Å²) in [5, 5.41) is 7.55. The highest BCUT2D eigenvalue weighted by molar-refractivity contribution is 14.0. The molecule has 3 rings (SSSR count). The summed E-state index contributed by atoms with van der Waals surface area (Å²) in [6, 6.07) is 4.31. The van der Waals surface area contributed by atoms with E-state index < -0.39 is 0 Å². The Bertz CT molecular complexity index is 592. The van der Waals surface area contributed by atoms with Crippen LogP contribution in [-0.2, 0) is 11.2 Å². The van der Waals surface area contributed by atoms with Gasteiger partial charge in [-0.15, -0.1) is 24.0 Å². The van der Waals surface area contributed by atoms with Crippen LogP contribution in [0.1, 0.15) is 45.1 Å². The van der Waals surface area contributed by atoms with Crippen molar-refractivity contribution in [3.05, 3.63) is 29.0 Å². The molecule has 0 aliphatic heterocycles. The second-order valence-electron chi connectivity index (χ2n) is 6.96. The highest BCUT2D eigenvalue weighted by Crippen LogP contribution is 2.57. The van der Waals surface area contributed by atoms with Crippen molar-refractivity contribution < 1.29 is 4.74 Å². The summed E-state index contributed by atoms with van der Waals surface area (Å²) in [6.07, 6.45) is 8.04. The summed E-state index contributed by atoms with van der Waals surface area (Å²) in [4.78, 5) is 8.86. The van der Waals surface area contributed by atoms with E-state index in [9.17, 15) is 0 Å². The fourth-order valence-electron chi connectivity index (χ4n) is 3.98. The molecule has 2 saturated carbocycles. The Hall–Kier alpha value is -0.600. The highest BCUT2D eigenvalue weighted by atomic mass is 127. The van der Waals surface area contributed by atoms with Gasteiger partial charge in [0.05, 0.1) is 6.10 Å². The molecule has 26 heavy (non-hydrogen) atoms. The number of hydrogen-bond acceptors (Lipinski definition) is 3. The minimum absolute atomic E-state index is 0. The van der Waals surface area contributed by atoms with Crippen molar-refractivity contribution in [2.24, 2.45) is 10.4 Å². The third-order valence-corrected chi connectivity index (χ3v) is 5.78. The van der Waals surface area contributed by atoms with Gasteiger partial charge in [0.15, 0.2) is 5.96 Å². The van der Waals surface area contributed by atoms with Gasteiger partial charge in [-0.1, -0.05) is 24.1 Å². The number of aromatic nitrogens is 1. The van der Waals surface area contributed by atoms with E-state index in [0.29, 0.717) is 22.7 Å². The number of nitrogens with zero attached hydrogens (tertiary/aromatic N) is 2. The minimum Gasteiger partial charge on any atom is -0.378 e. The molecule has 2 aliphatic carbocycles. The Balaban J connectivity index is 0.00000243. The lowest BCUT2D eigenvalue weighted by molar-refractivity contribution is -0.168. The van der Waals surface area contributed by atoms with Crippen molar-refractivity contribution in [1.29, 1.82) is 0 Å². The van der Waals surface area contributed by atoms with Crippen LogP contribution in [-0.4, -0.2) is 42.8 Å². The van der Waals surface area contributed by atoms with Crippen LogP contribution in [0, 0.1) is 5.41 Å². The van der Waals surface area contributed by atoms with Crippen LogP contribution in [0.25, 0.3) is 0 Å². The first-order chi connectivity index (χ1) is 12.2. The molecule has 2 unspecified atom stereocenters. The van der Waals surface area contributed by atoms with E-state index in [4.69, 9.17) is 21.3 Å². The monoisotopic (exact) mass is 492 g/mol. The summed E-state index contributed by atoms with van der Waals surface area (Å²) >= 11 is 5.83. The molecule has 0 saturated heterocycles. The van der Waals surface area contributed by atoms with E-state index in [2.05, 4.69) is 29.5 Å². The molecule has 1 spiro atoms. The van der Waals surface area contributed by atoms with Crippen LogP contribution in [0.2, 0.25) is 5.15 Å². The number of nitrogens with one attached hydrogen (secondary N) is 2. The predicted molar refractivity (Wildman–Crippen MR) is 118 cm³/mol. The van der Waals surface area contributed by atoms with Gasteiger partial charge >= 0.3 is 0 Å². The first-order valence-corrected chi connectivity index (χ1v) is 9.82. The Labute approximate surface area is 178 Å². The van der Waals surface area contributed by atoms with Gasteiger partial charge in [0.1, 0.15) is 5.15 Å². The standard InChI is InChI=1S/C19H29ClN4O.HI/c1-3-21-18(22-11-8-14-6-7-17(20)23-13-14)24-15-12-16(25-4-2)19(15)9-5-10-19;/h6-7,13,15-16H,3-5,8-12H2,1-2H3,(H2,21,22,24);1H. The fraction of sp³-hybridized carbons (Fsp3) is 0.684. The highest BCUT2D eigenvalue weighted by Gasteiger charge is 2.59. The molecular weight excluding hydrogens is 463 g/mol. The van der Waals surface area contributed by atoms with Crippen molar-refractivity contribution in [2.45, 2.75) is 58.1 Å². The lowest BCUT2D eigenvalue weighted by Gasteiger charge is -2.61. The maximum Gasteiger partial charge on any atom is 0.191 e. The molecule has 0 amide bonds. The molecule has 0 radical (unpaired) electrons. The zero-order chi connectivity index (χ0) is 17.7. The summed E-state index contributed by atoms with van der Waals surface area (Å²) in [7, 11) is 0. The van der Waals surface area contributed by atoms with Crippen LogP contribution < -0.4 is 10.6 Å². The summed E-state index contributed by atoms with van der Waals surface area (Å²) in [6.45, 7) is 6.59. The maximum atomic E-state index is 5.94. The SMILES string of the molecule is CCNC(=NCCc1ccc(Cl)nc1)NC1CC(OCC)C12CCC2.I. The van der Waals surface area contributed by atoms with Gasteiger partial charge in [-0.2, -0.15) is 0 Å². The van der Waals surface area contributed by atoms with E-state index in [1.165, 1.54) is 19.3 Å². The molecule has 1 aromatic heterocycles. The number of hydrogen-bond donors (Lipinski definition) is 2. The molecule has 2 atom stereocenters. The smallest absolute Gasteiger partial charge is 0.191 e. The second-order valence-corrected chi connectivity index (χ2v) is 7.35. The molecule has 0 aromatic carbocycles. The van der Waals surface area contributed by atoms with Gasteiger partial charge in [0, 0.05) is 37.4 Å². The molecule has 7 heteroatoms. The van der Waals surface area contributed by atoms with E-state index in [-0.39, 0.29) is 24.0 Å². The first-order valence-electron chi connectivity index (χ1n) is 9.45. The zero-order valence-corrected chi connectivity index (χ0v) is 18.7. The van der Waals surface area contributed by atoms with Crippen LogP contribution in [0.5, 0.6) is 0 Å². The molecule has 1 heterocycles. The molecule has 1 aromatic rings. The number of pyridine rings is 1. The zero-order valence-electron chi connectivity index (χ0n) is 15.6. The molecule has 2 fully saturated rings. The lowest BCUT2D eigenvalue weighted by Crippen LogP contribution is -2.68. The first kappa shape index (κ1) is 21.7. The minimum atomic E-state index is 0. The number of halogens is 2. The van der Waals surface area contributed by atoms with Crippen molar-refractivity contribution >= 4 is 41.5 Å². The average Bonchev–Trinajstić information content (AvgIpc) is 2.54. The van der Waals surface area contributed by atoms with Gasteiger partial charge in [-0.05, 0) is 51.2 Å². The largest absolute Gasteiger partial charge is 0.378 e. The Kier molecular flexibility index (Phi) is 8.41. The average molecular weight is 493 g/mol. The van der Waals surface area contributed by atoms with Crippen molar-refractivity contribution in [3.63, 3.8) is 0 Å². The number of guanidine groups is 1. The van der Waals surface area contributed by atoms with Crippen molar-refractivity contribution in [3.8, 4) is 0 Å². The summed E-state index contributed by atoms with van der Waals surface area (Å²) in [5.41, 5.74) is 1.49. The third-order valence-electron chi connectivity index (χ3n) is 5.55. The summed E-state index contributed by atoms with van der Waals surface area (Å²) < 4.78 is 5.94. The van der Waals surface area contributed by atoms with E-state index >= 15 is 0 Å². The van der Waals surface area contributed by atoms with Gasteiger partial charge in [0.2, 0.25) is 0 Å². The quantitative estimate of drug-likeness (QED) is 0.263. The van der Waals surface area contributed by atoms with Crippen molar-refractivity contribution in [1.82, 2.24) is 15.6 Å². The van der Waals surface area contributed by atoms with E-state index in [0.717, 1.165) is 44.1 Å². The van der Waals surface area contributed by atoms with Crippen molar-refractivity contribution in [2.75, 3.05) is 19.7 Å². The molecular formula is C19H30ClIN4O. The molecule has 2 aliphatic rings. The van der Waals surface area contributed by atoms with E-state index in [1.807, 2.05) is 18.3 Å².